The predicted octanol–water partition coefficient (Wildman–Crippen LogP) is 2.00. The van der Waals surface area contributed by atoms with Crippen LogP contribution in [0.1, 0.15) is 31.1 Å². The second kappa shape index (κ2) is 6.79. The van der Waals surface area contributed by atoms with Gasteiger partial charge in [-0.1, -0.05) is 32.0 Å². The van der Waals surface area contributed by atoms with Crippen molar-refractivity contribution in [3.63, 3.8) is 0 Å². The van der Waals surface area contributed by atoms with Gasteiger partial charge in [0.2, 0.25) is 0 Å². The largest absolute Gasteiger partial charge is 0.464 e. The molecule has 0 radical (unpaired) electrons. The van der Waals surface area contributed by atoms with Crippen molar-refractivity contribution in [2.24, 2.45) is 5.92 Å². The van der Waals surface area contributed by atoms with Gasteiger partial charge in [-0.05, 0) is 25.0 Å². The molecule has 0 heterocycles. The van der Waals surface area contributed by atoms with Crippen LogP contribution in [-0.2, 0) is 9.53 Å². The van der Waals surface area contributed by atoms with Gasteiger partial charge in [-0.3, -0.25) is 4.79 Å². The maximum Gasteiger partial charge on any atom is 0.328 e. The molecule has 18 heavy (non-hydrogen) atoms. The van der Waals surface area contributed by atoms with Crippen molar-refractivity contribution in [2.45, 2.75) is 26.8 Å². The van der Waals surface area contributed by atoms with Crippen LogP contribution < -0.4 is 5.32 Å². The molecule has 0 aliphatic rings. The number of rotatable bonds is 5. The van der Waals surface area contributed by atoms with E-state index in [9.17, 15) is 9.59 Å². The van der Waals surface area contributed by atoms with Crippen molar-refractivity contribution in [1.82, 2.24) is 5.32 Å². The van der Waals surface area contributed by atoms with Crippen molar-refractivity contribution in [1.29, 1.82) is 0 Å². The second-order valence-electron chi connectivity index (χ2n) is 4.31. The lowest BCUT2D eigenvalue weighted by molar-refractivity contribution is -0.146. The van der Waals surface area contributed by atoms with E-state index in [1.165, 1.54) is 0 Å². The first-order valence-corrected chi connectivity index (χ1v) is 6.08. The zero-order valence-corrected chi connectivity index (χ0v) is 11.0. The Kier molecular flexibility index (Phi) is 5.36. The van der Waals surface area contributed by atoms with E-state index in [-0.39, 0.29) is 11.8 Å². The van der Waals surface area contributed by atoms with Crippen molar-refractivity contribution < 1.29 is 14.3 Å². The molecule has 0 saturated carbocycles. The van der Waals surface area contributed by atoms with Crippen molar-refractivity contribution in [3.05, 3.63) is 35.9 Å². The minimum absolute atomic E-state index is 0.0169. The van der Waals surface area contributed by atoms with E-state index < -0.39 is 12.0 Å². The standard InChI is InChI=1S/C14H19NO3/c1-4-18-14(17)12(10(2)3)15-13(16)11-8-6-5-7-9-11/h5-10,12H,4H2,1-3H3,(H,15,16). The molecular weight excluding hydrogens is 230 g/mol. The average Bonchev–Trinajstić information content (AvgIpc) is 2.36. The first kappa shape index (κ1) is 14.2. The summed E-state index contributed by atoms with van der Waals surface area (Å²) in [5.74, 6) is -0.671. The molecule has 0 spiro atoms. The number of benzene rings is 1. The average molecular weight is 249 g/mol. The SMILES string of the molecule is CCOC(=O)C(NC(=O)c1ccccc1)C(C)C. The molecule has 1 amide bonds. The zero-order valence-electron chi connectivity index (χ0n) is 11.0. The van der Waals surface area contributed by atoms with E-state index in [2.05, 4.69) is 5.32 Å². The van der Waals surface area contributed by atoms with Crippen molar-refractivity contribution in [3.8, 4) is 0 Å². The summed E-state index contributed by atoms with van der Waals surface area (Å²) in [4.78, 5) is 23.7. The molecule has 1 rings (SSSR count). The summed E-state index contributed by atoms with van der Waals surface area (Å²) in [7, 11) is 0. The predicted molar refractivity (Wildman–Crippen MR) is 69.2 cm³/mol. The van der Waals surface area contributed by atoms with Crippen LogP contribution in [-0.4, -0.2) is 24.5 Å². The van der Waals surface area contributed by atoms with Crippen LogP contribution >= 0.6 is 0 Å². The number of nitrogens with one attached hydrogen (secondary N) is 1. The monoisotopic (exact) mass is 249 g/mol. The van der Waals surface area contributed by atoms with Gasteiger partial charge in [-0.25, -0.2) is 4.79 Å². The van der Waals surface area contributed by atoms with Gasteiger partial charge in [0.1, 0.15) is 6.04 Å². The zero-order chi connectivity index (χ0) is 13.5. The molecule has 1 aromatic rings. The number of hydrogen-bond donors (Lipinski definition) is 1. The number of amides is 1. The maximum absolute atomic E-state index is 11.9. The van der Waals surface area contributed by atoms with Crippen LogP contribution in [0.25, 0.3) is 0 Å². The van der Waals surface area contributed by atoms with E-state index in [1.807, 2.05) is 19.9 Å². The van der Waals surface area contributed by atoms with Gasteiger partial charge in [0.05, 0.1) is 6.61 Å². The van der Waals surface area contributed by atoms with Gasteiger partial charge in [-0.15, -0.1) is 0 Å². The molecule has 1 N–H and O–H groups in total. The molecule has 1 unspecified atom stereocenters. The van der Waals surface area contributed by atoms with E-state index in [0.717, 1.165) is 0 Å². The van der Waals surface area contributed by atoms with Crippen LogP contribution in [0.4, 0.5) is 0 Å². The van der Waals surface area contributed by atoms with Gasteiger partial charge < -0.3 is 10.1 Å². The molecule has 0 bridgehead atoms. The Morgan fingerprint density at radius 3 is 2.33 bits per heavy atom. The molecule has 0 aliphatic heterocycles. The van der Waals surface area contributed by atoms with Crippen LogP contribution in [0, 0.1) is 5.92 Å². The Hall–Kier alpha value is -1.84. The highest BCUT2D eigenvalue weighted by atomic mass is 16.5. The lowest BCUT2D eigenvalue weighted by Gasteiger charge is -2.20. The molecule has 0 aliphatic carbocycles. The summed E-state index contributed by atoms with van der Waals surface area (Å²) in [6, 6.07) is 8.20. The maximum atomic E-state index is 11.9. The first-order valence-electron chi connectivity index (χ1n) is 6.08. The van der Waals surface area contributed by atoms with E-state index in [1.54, 1.807) is 31.2 Å². The fraction of sp³-hybridized carbons (Fsp3) is 0.429. The molecule has 0 fully saturated rings. The number of esters is 1. The van der Waals surface area contributed by atoms with Gasteiger partial charge >= 0.3 is 5.97 Å². The minimum atomic E-state index is -0.613. The van der Waals surface area contributed by atoms with Gasteiger partial charge in [-0.2, -0.15) is 0 Å². The number of hydrogen-bond acceptors (Lipinski definition) is 3. The summed E-state index contributed by atoms with van der Waals surface area (Å²) in [6.45, 7) is 5.79. The molecule has 0 aromatic heterocycles. The molecule has 98 valence electrons. The van der Waals surface area contributed by atoms with Gasteiger partial charge in [0, 0.05) is 5.56 Å². The Bertz CT molecular complexity index is 401. The highest BCUT2D eigenvalue weighted by molar-refractivity contribution is 5.96. The molecule has 1 atom stereocenters. The van der Waals surface area contributed by atoms with Crippen LogP contribution in [0.5, 0.6) is 0 Å². The summed E-state index contributed by atoms with van der Waals surface area (Å²) >= 11 is 0. The molecule has 1 aromatic carbocycles. The first-order chi connectivity index (χ1) is 8.56. The highest BCUT2D eigenvalue weighted by Crippen LogP contribution is 2.06. The molecular formula is C14H19NO3. The highest BCUT2D eigenvalue weighted by Gasteiger charge is 2.25. The number of ether oxygens (including phenoxy) is 1. The molecule has 4 nitrogen and oxygen atoms in total. The fourth-order valence-electron chi connectivity index (χ4n) is 1.54. The van der Waals surface area contributed by atoms with Crippen molar-refractivity contribution in [2.75, 3.05) is 6.61 Å². The lowest BCUT2D eigenvalue weighted by atomic mass is 10.0. The summed E-state index contributed by atoms with van der Waals surface area (Å²) < 4.78 is 4.95. The van der Waals surface area contributed by atoms with E-state index in [0.29, 0.717) is 12.2 Å². The number of carbonyl (C=O) groups is 2. The fourth-order valence-corrected chi connectivity index (χ4v) is 1.54. The van der Waals surface area contributed by atoms with E-state index in [4.69, 9.17) is 4.74 Å². The summed E-state index contributed by atoms with van der Waals surface area (Å²) in [5.41, 5.74) is 0.535. The third-order valence-corrected chi connectivity index (χ3v) is 2.53. The smallest absolute Gasteiger partial charge is 0.328 e. The number of carbonyl (C=O) groups excluding carboxylic acids is 2. The normalized spacial score (nSPS) is 12.0. The Labute approximate surface area is 107 Å². The Balaban J connectivity index is 2.73. The third kappa shape index (κ3) is 3.87. The quantitative estimate of drug-likeness (QED) is 0.812. The molecule has 0 saturated heterocycles. The van der Waals surface area contributed by atoms with Gasteiger partial charge in [0.15, 0.2) is 0 Å². The Morgan fingerprint density at radius 2 is 1.83 bits per heavy atom. The third-order valence-electron chi connectivity index (χ3n) is 2.53. The Morgan fingerprint density at radius 1 is 1.22 bits per heavy atom. The van der Waals surface area contributed by atoms with Crippen LogP contribution in [0.3, 0.4) is 0 Å². The summed E-state index contributed by atoms with van der Waals surface area (Å²) in [6.07, 6.45) is 0. The van der Waals surface area contributed by atoms with Crippen LogP contribution in [0.15, 0.2) is 30.3 Å². The topological polar surface area (TPSA) is 55.4 Å². The van der Waals surface area contributed by atoms with E-state index >= 15 is 0 Å². The van der Waals surface area contributed by atoms with Gasteiger partial charge in [0.25, 0.3) is 5.91 Å². The minimum Gasteiger partial charge on any atom is -0.464 e. The lowest BCUT2D eigenvalue weighted by Crippen LogP contribution is -2.45. The van der Waals surface area contributed by atoms with Crippen molar-refractivity contribution >= 4 is 11.9 Å². The summed E-state index contributed by atoms with van der Waals surface area (Å²) in [5, 5.41) is 2.70. The molecule has 4 heteroatoms. The second-order valence-corrected chi connectivity index (χ2v) is 4.31. The van der Waals surface area contributed by atoms with Crippen LogP contribution in [0.2, 0.25) is 0 Å².